The van der Waals surface area contributed by atoms with Crippen LogP contribution in [0.3, 0.4) is 0 Å². The molecule has 8 heteroatoms. The zero-order chi connectivity index (χ0) is 25.5. The molecule has 0 amide bonds. The Morgan fingerprint density at radius 2 is 1.30 bits per heavy atom. The summed E-state index contributed by atoms with van der Waals surface area (Å²) in [6, 6.07) is 10.6. The lowest BCUT2D eigenvalue weighted by molar-refractivity contribution is 0.292. The van der Waals surface area contributed by atoms with E-state index < -0.39 is 0 Å². The SMILES string of the molecule is S=C(NCC1(c2ccc(Cl)cc2)CCCCC1)Nc1nc(N2CCCCCC2)cc(N2CCCCC2)n1. The number of rotatable bonds is 6. The third kappa shape index (κ3) is 6.85. The van der Waals surface area contributed by atoms with Crippen molar-refractivity contribution >= 4 is 46.5 Å². The quantitative estimate of drug-likeness (QED) is 0.396. The minimum atomic E-state index is 0.0717. The van der Waals surface area contributed by atoms with Gasteiger partial charge in [0.2, 0.25) is 5.95 Å². The van der Waals surface area contributed by atoms with Crippen LogP contribution in [0.1, 0.15) is 82.6 Å². The molecule has 2 N–H and O–H groups in total. The lowest BCUT2D eigenvalue weighted by Crippen LogP contribution is -2.43. The summed E-state index contributed by atoms with van der Waals surface area (Å²) in [6.07, 6.45) is 14.9. The normalized spacial score (nSPS) is 20.2. The third-order valence-electron chi connectivity index (χ3n) is 8.39. The average Bonchev–Trinajstić information content (AvgIpc) is 3.23. The zero-order valence-electron chi connectivity index (χ0n) is 22.0. The summed E-state index contributed by atoms with van der Waals surface area (Å²) in [5.74, 6) is 2.64. The molecule has 0 spiro atoms. The second-order valence-electron chi connectivity index (χ2n) is 11.0. The number of hydrogen-bond donors (Lipinski definition) is 2. The second kappa shape index (κ2) is 12.6. The molecule has 1 aliphatic carbocycles. The number of aromatic nitrogens is 2. The number of piperidine rings is 1. The molecule has 200 valence electrons. The highest BCUT2D eigenvalue weighted by Gasteiger charge is 2.34. The van der Waals surface area contributed by atoms with Crippen molar-refractivity contribution in [3.8, 4) is 0 Å². The summed E-state index contributed by atoms with van der Waals surface area (Å²) in [7, 11) is 0. The van der Waals surface area contributed by atoms with E-state index >= 15 is 0 Å². The Morgan fingerprint density at radius 1 is 0.784 bits per heavy atom. The molecule has 1 aromatic carbocycles. The van der Waals surface area contributed by atoms with Crippen LogP contribution < -0.4 is 20.4 Å². The minimum Gasteiger partial charge on any atom is -0.361 e. The number of anilines is 3. The van der Waals surface area contributed by atoms with E-state index in [1.165, 1.54) is 69.8 Å². The van der Waals surface area contributed by atoms with E-state index in [0.29, 0.717) is 11.1 Å². The second-order valence-corrected chi connectivity index (χ2v) is 11.9. The first kappa shape index (κ1) is 26.5. The Morgan fingerprint density at radius 3 is 1.86 bits per heavy atom. The zero-order valence-corrected chi connectivity index (χ0v) is 23.6. The highest BCUT2D eigenvalue weighted by Crippen LogP contribution is 2.39. The monoisotopic (exact) mass is 540 g/mol. The Hall–Kier alpha value is -2.12. The molecular weight excluding hydrogens is 500 g/mol. The van der Waals surface area contributed by atoms with Crippen LogP contribution in [0.25, 0.3) is 0 Å². The molecule has 1 aromatic heterocycles. The van der Waals surface area contributed by atoms with Crippen molar-refractivity contribution < 1.29 is 0 Å². The Kier molecular flexibility index (Phi) is 9.03. The van der Waals surface area contributed by atoms with Gasteiger partial charge in [0.05, 0.1) is 0 Å². The molecule has 0 unspecified atom stereocenters. The molecule has 0 radical (unpaired) electrons. The van der Waals surface area contributed by atoms with Crippen molar-refractivity contribution in [2.45, 2.75) is 82.5 Å². The van der Waals surface area contributed by atoms with Gasteiger partial charge in [0.15, 0.2) is 5.11 Å². The fraction of sp³-hybridized carbons (Fsp3) is 0.621. The molecule has 2 aliphatic heterocycles. The average molecular weight is 541 g/mol. The topological polar surface area (TPSA) is 56.3 Å². The molecular formula is C29H41ClN6S. The predicted molar refractivity (Wildman–Crippen MR) is 159 cm³/mol. The van der Waals surface area contributed by atoms with Crippen LogP contribution in [-0.4, -0.2) is 47.8 Å². The molecule has 5 rings (SSSR count). The predicted octanol–water partition coefficient (Wildman–Crippen LogP) is 6.69. The van der Waals surface area contributed by atoms with Crippen molar-refractivity contribution in [2.75, 3.05) is 47.8 Å². The van der Waals surface area contributed by atoms with Crippen molar-refractivity contribution in [1.82, 2.24) is 15.3 Å². The number of halogens is 1. The van der Waals surface area contributed by atoms with Crippen LogP contribution in [0.2, 0.25) is 5.02 Å². The molecule has 2 saturated heterocycles. The molecule has 2 aromatic rings. The van der Waals surface area contributed by atoms with Gasteiger partial charge in [0, 0.05) is 49.2 Å². The Bertz CT molecular complexity index is 1030. The van der Waals surface area contributed by atoms with Gasteiger partial charge >= 0.3 is 0 Å². The minimum absolute atomic E-state index is 0.0717. The van der Waals surface area contributed by atoms with Crippen LogP contribution in [-0.2, 0) is 5.41 Å². The summed E-state index contributed by atoms with van der Waals surface area (Å²) >= 11 is 12.0. The smallest absolute Gasteiger partial charge is 0.232 e. The first-order valence-corrected chi connectivity index (χ1v) is 15.1. The van der Waals surface area contributed by atoms with E-state index in [-0.39, 0.29) is 5.41 Å². The molecule has 1 saturated carbocycles. The molecule has 3 fully saturated rings. The number of nitrogens with zero attached hydrogens (tertiary/aromatic N) is 4. The summed E-state index contributed by atoms with van der Waals surface area (Å²) in [4.78, 5) is 14.7. The van der Waals surface area contributed by atoms with Crippen molar-refractivity contribution in [3.63, 3.8) is 0 Å². The number of hydrogen-bond acceptors (Lipinski definition) is 5. The van der Waals surface area contributed by atoms with Gasteiger partial charge in [-0.1, -0.05) is 55.8 Å². The molecule has 3 heterocycles. The first-order valence-electron chi connectivity index (χ1n) is 14.3. The van der Waals surface area contributed by atoms with Gasteiger partial charge in [-0.15, -0.1) is 0 Å². The van der Waals surface area contributed by atoms with Gasteiger partial charge in [-0.3, -0.25) is 0 Å². The van der Waals surface area contributed by atoms with Crippen LogP contribution >= 0.6 is 23.8 Å². The van der Waals surface area contributed by atoms with Gasteiger partial charge in [0.25, 0.3) is 0 Å². The van der Waals surface area contributed by atoms with E-state index in [1.807, 2.05) is 12.1 Å². The molecule has 3 aliphatic rings. The Balaban J connectivity index is 1.32. The van der Waals surface area contributed by atoms with Crippen molar-refractivity contribution in [1.29, 1.82) is 0 Å². The van der Waals surface area contributed by atoms with Gasteiger partial charge in [-0.05, 0) is 74.9 Å². The molecule has 37 heavy (non-hydrogen) atoms. The van der Waals surface area contributed by atoms with E-state index in [2.05, 4.69) is 38.6 Å². The van der Waals surface area contributed by atoms with Crippen molar-refractivity contribution in [3.05, 3.63) is 40.9 Å². The fourth-order valence-electron chi connectivity index (χ4n) is 6.22. The highest BCUT2D eigenvalue weighted by atomic mass is 35.5. The number of benzene rings is 1. The lowest BCUT2D eigenvalue weighted by atomic mass is 9.69. The van der Waals surface area contributed by atoms with Crippen LogP contribution in [0.15, 0.2) is 30.3 Å². The van der Waals surface area contributed by atoms with Crippen LogP contribution in [0.5, 0.6) is 0 Å². The molecule has 0 bridgehead atoms. The van der Waals surface area contributed by atoms with E-state index in [0.717, 1.165) is 62.2 Å². The van der Waals surface area contributed by atoms with E-state index in [9.17, 15) is 0 Å². The standard InChI is InChI=1S/C29H41ClN6S/c30-24-13-11-23(12-14-24)29(15-5-3-6-16-29)22-31-28(37)34-27-32-25(35-17-7-1-2-8-18-35)21-26(33-27)36-19-9-4-10-20-36/h11-14,21H,1-10,15-20,22H2,(H2,31,32,33,34,37). The maximum absolute atomic E-state index is 6.19. The van der Waals surface area contributed by atoms with Gasteiger partial charge < -0.3 is 20.4 Å². The first-order chi connectivity index (χ1) is 18.1. The number of thiocarbonyl (C=S) groups is 1. The van der Waals surface area contributed by atoms with Gasteiger partial charge in [-0.2, -0.15) is 9.97 Å². The third-order valence-corrected chi connectivity index (χ3v) is 8.89. The maximum atomic E-state index is 6.19. The van der Waals surface area contributed by atoms with E-state index in [1.54, 1.807) is 0 Å². The molecule has 6 nitrogen and oxygen atoms in total. The highest BCUT2D eigenvalue weighted by molar-refractivity contribution is 7.80. The van der Waals surface area contributed by atoms with E-state index in [4.69, 9.17) is 33.8 Å². The lowest BCUT2D eigenvalue weighted by Gasteiger charge is -2.38. The van der Waals surface area contributed by atoms with Gasteiger partial charge in [0.1, 0.15) is 11.6 Å². The summed E-state index contributed by atoms with van der Waals surface area (Å²) in [6.45, 7) is 5.03. The number of nitrogens with one attached hydrogen (secondary N) is 2. The maximum Gasteiger partial charge on any atom is 0.232 e. The summed E-state index contributed by atoms with van der Waals surface area (Å²) < 4.78 is 0. The van der Waals surface area contributed by atoms with Crippen LogP contribution in [0, 0.1) is 0 Å². The fourth-order valence-corrected chi connectivity index (χ4v) is 6.51. The van der Waals surface area contributed by atoms with Gasteiger partial charge in [-0.25, -0.2) is 0 Å². The van der Waals surface area contributed by atoms with Crippen molar-refractivity contribution in [2.24, 2.45) is 0 Å². The molecule has 0 atom stereocenters. The Labute approximate surface area is 232 Å². The summed E-state index contributed by atoms with van der Waals surface area (Å²) in [5.41, 5.74) is 1.42. The largest absolute Gasteiger partial charge is 0.361 e. The summed E-state index contributed by atoms with van der Waals surface area (Å²) in [5, 5.41) is 8.28. The van der Waals surface area contributed by atoms with Crippen LogP contribution in [0.4, 0.5) is 17.6 Å².